The second kappa shape index (κ2) is 6.94. The van der Waals surface area contributed by atoms with Crippen LogP contribution in [-0.4, -0.2) is 22.0 Å². The number of urea groups is 1. The average molecular weight is 393 g/mol. The fourth-order valence-electron chi connectivity index (χ4n) is 6.36. The largest absolute Gasteiger partial charge is 0.364 e. The smallest absolute Gasteiger partial charge is 0.319 e. The third-order valence-corrected chi connectivity index (χ3v) is 7.02. The van der Waals surface area contributed by atoms with Gasteiger partial charge in [-0.1, -0.05) is 30.3 Å². The van der Waals surface area contributed by atoms with Crippen molar-refractivity contribution in [1.29, 1.82) is 0 Å². The Balaban J connectivity index is 1.29. The van der Waals surface area contributed by atoms with Gasteiger partial charge in [0.15, 0.2) is 0 Å². The number of carbonyl (C=O) groups excluding carboxylic acids is 2. The number of nitrogens with one attached hydrogen (secondary N) is 2. The first-order valence-corrected chi connectivity index (χ1v) is 10.6. The van der Waals surface area contributed by atoms with E-state index in [1.165, 1.54) is 19.3 Å². The average Bonchev–Trinajstić information content (AvgIpc) is 3.03. The number of anilines is 1. The minimum Gasteiger partial charge on any atom is -0.364 e. The molecule has 4 N–H and O–H groups in total. The molecule has 1 aromatic heterocycles. The molecule has 3 amide bonds. The Morgan fingerprint density at radius 2 is 1.66 bits per heavy atom. The Hall–Kier alpha value is -2.76. The maximum atomic E-state index is 12.8. The van der Waals surface area contributed by atoms with E-state index in [4.69, 9.17) is 5.73 Å². The van der Waals surface area contributed by atoms with Gasteiger partial charge in [-0.2, -0.15) is 0 Å². The van der Waals surface area contributed by atoms with Crippen molar-refractivity contribution >= 4 is 17.6 Å². The van der Waals surface area contributed by atoms with E-state index >= 15 is 0 Å². The minimum absolute atomic E-state index is 0.0437. The number of nitrogens with two attached hydrogens (primary N) is 1. The molecule has 6 rings (SSSR count). The molecule has 0 atom stereocenters. The summed E-state index contributed by atoms with van der Waals surface area (Å²) in [4.78, 5) is 24.7. The van der Waals surface area contributed by atoms with Crippen LogP contribution < -0.4 is 16.4 Å². The van der Waals surface area contributed by atoms with E-state index in [0.717, 1.165) is 42.6 Å². The van der Waals surface area contributed by atoms with Crippen LogP contribution in [-0.2, 0) is 6.54 Å². The van der Waals surface area contributed by atoms with Crippen LogP contribution >= 0.6 is 0 Å². The first-order valence-electron chi connectivity index (χ1n) is 10.6. The summed E-state index contributed by atoms with van der Waals surface area (Å²) < 4.78 is 1.79. The van der Waals surface area contributed by atoms with Crippen molar-refractivity contribution < 1.29 is 9.59 Å². The maximum Gasteiger partial charge on any atom is 0.319 e. The molecule has 2 aromatic rings. The molecule has 0 aliphatic heterocycles. The Kier molecular flexibility index (Phi) is 4.37. The van der Waals surface area contributed by atoms with E-state index in [-0.39, 0.29) is 11.6 Å². The number of hydrogen-bond donors (Lipinski definition) is 3. The molecule has 1 heterocycles. The molecule has 4 aliphatic rings. The Bertz CT molecular complexity index is 898. The van der Waals surface area contributed by atoms with Crippen LogP contribution in [0, 0.1) is 17.8 Å². The van der Waals surface area contributed by atoms with E-state index in [9.17, 15) is 9.59 Å². The highest BCUT2D eigenvalue weighted by molar-refractivity contribution is 5.95. The summed E-state index contributed by atoms with van der Waals surface area (Å²) >= 11 is 0. The fraction of sp³-hybridized carbons (Fsp3) is 0.478. The summed E-state index contributed by atoms with van der Waals surface area (Å²) in [5.74, 6) is 1.82. The molecular weight excluding hydrogens is 364 g/mol. The lowest BCUT2D eigenvalue weighted by atomic mass is 9.53. The number of benzene rings is 1. The highest BCUT2D eigenvalue weighted by Crippen LogP contribution is 2.55. The molecule has 4 saturated carbocycles. The molecule has 152 valence electrons. The van der Waals surface area contributed by atoms with Crippen molar-refractivity contribution in [1.82, 2.24) is 9.88 Å². The van der Waals surface area contributed by atoms with Gasteiger partial charge in [-0.05, 0) is 67.9 Å². The van der Waals surface area contributed by atoms with Gasteiger partial charge in [-0.25, -0.2) is 4.79 Å². The van der Waals surface area contributed by atoms with Crippen molar-refractivity contribution in [2.45, 2.75) is 50.6 Å². The van der Waals surface area contributed by atoms with E-state index in [2.05, 4.69) is 10.6 Å². The van der Waals surface area contributed by atoms with Crippen molar-refractivity contribution in [3.8, 4) is 0 Å². The van der Waals surface area contributed by atoms with Gasteiger partial charge in [-0.15, -0.1) is 0 Å². The molecule has 0 saturated heterocycles. The predicted molar refractivity (Wildman–Crippen MR) is 112 cm³/mol. The highest BCUT2D eigenvalue weighted by atomic mass is 16.2. The van der Waals surface area contributed by atoms with E-state index in [0.29, 0.717) is 17.9 Å². The zero-order chi connectivity index (χ0) is 20.0. The zero-order valence-corrected chi connectivity index (χ0v) is 16.6. The minimum atomic E-state index is -0.504. The Labute approximate surface area is 170 Å². The van der Waals surface area contributed by atoms with Crippen LogP contribution in [0.4, 0.5) is 10.5 Å². The number of primary amides is 1. The lowest BCUT2D eigenvalue weighted by molar-refractivity contribution is -0.0127. The molecular formula is C23H28N4O2. The second-order valence-corrected chi connectivity index (χ2v) is 9.37. The summed E-state index contributed by atoms with van der Waals surface area (Å²) in [7, 11) is 0. The van der Waals surface area contributed by atoms with E-state index in [1.807, 2.05) is 30.3 Å². The topological polar surface area (TPSA) is 89.2 Å². The van der Waals surface area contributed by atoms with Gasteiger partial charge in [0.1, 0.15) is 5.69 Å². The third-order valence-electron chi connectivity index (χ3n) is 7.02. The number of rotatable bonds is 5. The first-order chi connectivity index (χ1) is 14.0. The van der Waals surface area contributed by atoms with Crippen molar-refractivity contribution in [3.63, 3.8) is 0 Å². The van der Waals surface area contributed by atoms with Crippen LogP contribution in [0.5, 0.6) is 0 Å². The summed E-state index contributed by atoms with van der Waals surface area (Å²) in [5, 5.41) is 6.24. The molecule has 0 unspecified atom stereocenters. The van der Waals surface area contributed by atoms with Crippen molar-refractivity contribution in [3.05, 3.63) is 53.9 Å². The molecule has 4 aliphatic carbocycles. The highest BCUT2D eigenvalue weighted by Gasteiger charge is 2.51. The van der Waals surface area contributed by atoms with Gasteiger partial charge >= 0.3 is 6.03 Å². The van der Waals surface area contributed by atoms with Crippen LogP contribution in [0.1, 0.15) is 54.6 Å². The monoisotopic (exact) mass is 392 g/mol. The van der Waals surface area contributed by atoms with Crippen LogP contribution in [0.25, 0.3) is 0 Å². The van der Waals surface area contributed by atoms with Gasteiger partial charge in [0.2, 0.25) is 0 Å². The van der Waals surface area contributed by atoms with Gasteiger partial charge in [0, 0.05) is 18.3 Å². The SMILES string of the molecule is NC(=O)c1cc(NC(=O)NC23CC4CC(CC(C4)C2)C3)cn1Cc1ccccc1. The summed E-state index contributed by atoms with van der Waals surface area (Å²) in [6.07, 6.45) is 9.12. The lowest BCUT2D eigenvalue weighted by Crippen LogP contribution is -2.60. The number of carbonyl (C=O) groups is 2. The van der Waals surface area contributed by atoms with Crippen LogP contribution in [0.2, 0.25) is 0 Å². The lowest BCUT2D eigenvalue weighted by Gasteiger charge is -2.56. The first kappa shape index (κ1) is 18.3. The van der Waals surface area contributed by atoms with Crippen LogP contribution in [0.15, 0.2) is 42.6 Å². The van der Waals surface area contributed by atoms with Crippen molar-refractivity contribution in [2.24, 2.45) is 23.5 Å². The molecule has 0 radical (unpaired) electrons. The second-order valence-electron chi connectivity index (χ2n) is 9.37. The number of nitrogens with zero attached hydrogens (tertiary/aromatic N) is 1. The standard InChI is InChI=1S/C23H28N4O2/c24-21(28)20-9-19(14-27(20)13-15-4-2-1-3-5-15)25-22(29)26-23-10-16-6-17(11-23)8-18(7-16)12-23/h1-5,9,14,16-18H,6-8,10-13H2,(H2,24,28)(H2,25,26,29). The van der Waals surface area contributed by atoms with E-state index in [1.54, 1.807) is 16.8 Å². The van der Waals surface area contributed by atoms with Crippen molar-refractivity contribution in [2.75, 3.05) is 5.32 Å². The summed E-state index contributed by atoms with van der Waals surface area (Å²) in [5.41, 5.74) is 7.56. The quantitative estimate of drug-likeness (QED) is 0.724. The van der Waals surface area contributed by atoms with E-state index < -0.39 is 5.91 Å². The predicted octanol–water partition coefficient (Wildman–Crippen LogP) is 3.73. The Morgan fingerprint density at radius 3 is 2.24 bits per heavy atom. The van der Waals surface area contributed by atoms with Gasteiger partial charge < -0.3 is 20.9 Å². The molecule has 29 heavy (non-hydrogen) atoms. The summed E-state index contributed by atoms with van der Waals surface area (Å²) in [6.45, 7) is 0.525. The normalized spacial score (nSPS) is 29.6. The maximum absolute atomic E-state index is 12.8. The molecule has 4 bridgehead atoms. The molecule has 0 spiro atoms. The fourth-order valence-corrected chi connectivity index (χ4v) is 6.36. The molecule has 6 nitrogen and oxygen atoms in total. The van der Waals surface area contributed by atoms with Gasteiger partial charge in [-0.3, -0.25) is 4.79 Å². The Morgan fingerprint density at radius 1 is 1.03 bits per heavy atom. The number of aromatic nitrogens is 1. The zero-order valence-electron chi connectivity index (χ0n) is 16.6. The van der Waals surface area contributed by atoms with Gasteiger partial charge in [0.25, 0.3) is 5.91 Å². The third kappa shape index (κ3) is 3.63. The molecule has 4 fully saturated rings. The molecule has 6 heteroatoms. The summed E-state index contributed by atoms with van der Waals surface area (Å²) in [6, 6.07) is 11.3. The van der Waals surface area contributed by atoms with Crippen LogP contribution in [0.3, 0.4) is 0 Å². The number of amides is 3. The number of hydrogen-bond acceptors (Lipinski definition) is 2. The molecule has 1 aromatic carbocycles. The van der Waals surface area contributed by atoms with Gasteiger partial charge in [0.05, 0.1) is 5.69 Å².